The van der Waals surface area contributed by atoms with E-state index in [-0.39, 0.29) is 18.5 Å². The molecule has 0 aliphatic carbocycles. The van der Waals surface area contributed by atoms with Gasteiger partial charge >= 0.3 is 18.1 Å². The van der Waals surface area contributed by atoms with Crippen molar-refractivity contribution in [2.24, 2.45) is 0 Å². The third-order valence-corrected chi connectivity index (χ3v) is 4.13. The van der Waals surface area contributed by atoms with Gasteiger partial charge in [0.25, 0.3) is 0 Å². The average molecular weight is 354 g/mol. The van der Waals surface area contributed by atoms with Crippen LogP contribution < -0.4 is 5.32 Å². The van der Waals surface area contributed by atoms with E-state index >= 15 is 0 Å². The number of benzene rings is 1. The number of hydrogen-bond donors (Lipinski definition) is 1. The number of nitrogens with zero attached hydrogens (tertiary/aromatic N) is 3. The Bertz CT molecular complexity index is 760. The maximum Gasteiger partial charge on any atom is 0.470 e. The molecule has 2 heterocycles. The number of urea groups is 1. The summed E-state index contributed by atoms with van der Waals surface area (Å²) >= 11 is 0. The first-order valence-electron chi connectivity index (χ1n) is 7.87. The third-order valence-electron chi connectivity index (χ3n) is 4.13. The van der Waals surface area contributed by atoms with Crippen LogP contribution in [0.15, 0.2) is 28.7 Å². The summed E-state index contributed by atoms with van der Waals surface area (Å²) in [6.07, 6.45) is -3.43. The molecule has 3 rings (SSSR count). The van der Waals surface area contributed by atoms with Gasteiger partial charge in [0.2, 0.25) is 5.89 Å². The molecule has 134 valence electrons. The Hall–Kier alpha value is -2.58. The van der Waals surface area contributed by atoms with Crippen LogP contribution in [0.2, 0.25) is 0 Å². The highest BCUT2D eigenvalue weighted by Gasteiger charge is 2.39. The fourth-order valence-corrected chi connectivity index (χ4v) is 2.78. The zero-order valence-corrected chi connectivity index (χ0v) is 13.5. The van der Waals surface area contributed by atoms with Gasteiger partial charge in [-0.25, -0.2) is 4.79 Å². The van der Waals surface area contributed by atoms with E-state index < -0.39 is 18.0 Å². The molecule has 0 radical (unpaired) electrons. The van der Waals surface area contributed by atoms with Gasteiger partial charge in [-0.3, -0.25) is 0 Å². The topological polar surface area (TPSA) is 71.3 Å². The van der Waals surface area contributed by atoms with E-state index in [4.69, 9.17) is 4.42 Å². The Morgan fingerprint density at radius 1 is 1.32 bits per heavy atom. The predicted molar refractivity (Wildman–Crippen MR) is 83.0 cm³/mol. The van der Waals surface area contributed by atoms with Gasteiger partial charge in [0, 0.05) is 18.8 Å². The number of amides is 2. The monoisotopic (exact) mass is 354 g/mol. The molecule has 1 aromatic carbocycles. The Kier molecular flexibility index (Phi) is 4.65. The van der Waals surface area contributed by atoms with Crippen LogP contribution in [-0.4, -0.2) is 34.2 Å². The molecule has 1 aliphatic heterocycles. The van der Waals surface area contributed by atoms with Gasteiger partial charge in [-0.05, 0) is 31.4 Å². The SMILES string of the molecule is Cc1ccccc1NC(=O)N1CCC[C@H](c2nnc(C(F)(F)F)o2)C1. The van der Waals surface area contributed by atoms with Crippen LogP contribution in [0.1, 0.15) is 36.1 Å². The molecule has 1 N–H and O–H groups in total. The van der Waals surface area contributed by atoms with Gasteiger partial charge in [0.1, 0.15) is 0 Å². The average Bonchev–Trinajstić information content (AvgIpc) is 3.07. The van der Waals surface area contributed by atoms with Gasteiger partial charge in [0.05, 0.1) is 5.92 Å². The molecule has 1 aromatic heterocycles. The highest BCUT2D eigenvalue weighted by molar-refractivity contribution is 5.90. The molecule has 1 aliphatic rings. The van der Waals surface area contributed by atoms with E-state index in [9.17, 15) is 18.0 Å². The summed E-state index contributed by atoms with van der Waals surface area (Å²) in [5.41, 5.74) is 1.63. The molecular formula is C16H17F3N4O2. The van der Waals surface area contributed by atoms with E-state index in [1.54, 1.807) is 11.0 Å². The van der Waals surface area contributed by atoms with Crippen LogP contribution in [-0.2, 0) is 6.18 Å². The second-order valence-corrected chi connectivity index (χ2v) is 5.97. The Labute approximate surface area is 142 Å². The van der Waals surface area contributed by atoms with Crippen molar-refractivity contribution in [1.82, 2.24) is 15.1 Å². The number of aromatic nitrogens is 2. The zero-order chi connectivity index (χ0) is 18.0. The smallest absolute Gasteiger partial charge is 0.417 e. The normalized spacial score (nSPS) is 18.2. The van der Waals surface area contributed by atoms with Crippen molar-refractivity contribution in [1.29, 1.82) is 0 Å². The van der Waals surface area contributed by atoms with Gasteiger partial charge in [-0.15, -0.1) is 10.2 Å². The lowest BCUT2D eigenvalue weighted by molar-refractivity contribution is -0.157. The standard InChI is InChI=1S/C16H17F3N4O2/c1-10-5-2-3-7-12(10)20-15(24)23-8-4-6-11(9-23)13-21-22-14(25-13)16(17,18)19/h2-3,5,7,11H,4,6,8-9H2,1H3,(H,20,24)/t11-/m0/s1. The van der Waals surface area contributed by atoms with E-state index in [0.29, 0.717) is 25.1 Å². The number of para-hydroxylation sites is 1. The number of alkyl halides is 3. The van der Waals surface area contributed by atoms with Gasteiger partial charge in [-0.1, -0.05) is 18.2 Å². The van der Waals surface area contributed by atoms with E-state index in [1.165, 1.54) is 0 Å². The maximum atomic E-state index is 12.6. The molecule has 0 unspecified atom stereocenters. The van der Waals surface area contributed by atoms with Gasteiger partial charge in [0.15, 0.2) is 0 Å². The van der Waals surface area contributed by atoms with E-state index in [1.807, 2.05) is 25.1 Å². The van der Waals surface area contributed by atoms with Crippen molar-refractivity contribution in [3.63, 3.8) is 0 Å². The molecule has 0 bridgehead atoms. The lowest BCUT2D eigenvalue weighted by Gasteiger charge is -2.31. The van der Waals surface area contributed by atoms with Crippen LogP contribution >= 0.6 is 0 Å². The number of carbonyl (C=O) groups excluding carboxylic acids is 1. The van der Waals surface area contributed by atoms with Crippen LogP contribution in [0.4, 0.5) is 23.7 Å². The molecule has 1 fully saturated rings. The number of aryl methyl sites for hydroxylation is 1. The maximum absolute atomic E-state index is 12.6. The molecule has 0 saturated carbocycles. The molecule has 0 spiro atoms. The number of hydrogen-bond acceptors (Lipinski definition) is 4. The summed E-state index contributed by atoms with van der Waals surface area (Å²) in [6, 6.07) is 7.07. The summed E-state index contributed by atoms with van der Waals surface area (Å²) in [6.45, 7) is 2.64. The minimum Gasteiger partial charge on any atom is -0.417 e. The van der Waals surface area contributed by atoms with Gasteiger partial charge in [-0.2, -0.15) is 13.2 Å². The number of anilines is 1. The fraction of sp³-hybridized carbons (Fsp3) is 0.438. The summed E-state index contributed by atoms with van der Waals surface area (Å²) in [5, 5.41) is 9.38. The van der Waals surface area contributed by atoms with Crippen LogP contribution in [0.5, 0.6) is 0 Å². The lowest BCUT2D eigenvalue weighted by Crippen LogP contribution is -2.41. The number of rotatable bonds is 2. The minimum absolute atomic E-state index is 0.0827. The molecule has 6 nitrogen and oxygen atoms in total. The highest BCUT2D eigenvalue weighted by atomic mass is 19.4. The molecule has 1 atom stereocenters. The first kappa shape index (κ1) is 17.2. The first-order valence-corrected chi connectivity index (χ1v) is 7.87. The highest BCUT2D eigenvalue weighted by Crippen LogP contribution is 2.32. The summed E-state index contributed by atoms with van der Waals surface area (Å²) in [7, 11) is 0. The zero-order valence-electron chi connectivity index (χ0n) is 13.5. The summed E-state index contributed by atoms with van der Waals surface area (Å²) in [5.74, 6) is -1.84. The quantitative estimate of drug-likeness (QED) is 0.890. The summed E-state index contributed by atoms with van der Waals surface area (Å²) < 4.78 is 42.5. The van der Waals surface area contributed by atoms with Gasteiger partial charge < -0.3 is 14.6 Å². The van der Waals surface area contributed by atoms with E-state index in [0.717, 1.165) is 5.56 Å². The predicted octanol–water partition coefficient (Wildman–Crippen LogP) is 3.81. The second-order valence-electron chi connectivity index (χ2n) is 5.97. The fourth-order valence-electron chi connectivity index (χ4n) is 2.78. The third kappa shape index (κ3) is 3.92. The Morgan fingerprint density at radius 2 is 2.08 bits per heavy atom. The molecule has 9 heteroatoms. The Morgan fingerprint density at radius 3 is 2.76 bits per heavy atom. The molecule has 1 saturated heterocycles. The van der Waals surface area contributed by atoms with Crippen molar-refractivity contribution in [3.05, 3.63) is 41.6 Å². The molecule has 2 amide bonds. The number of nitrogens with one attached hydrogen (secondary N) is 1. The van der Waals surface area contributed by atoms with Crippen LogP contribution in [0.25, 0.3) is 0 Å². The number of likely N-dealkylation sites (tertiary alicyclic amines) is 1. The van der Waals surface area contributed by atoms with Crippen molar-refractivity contribution < 1.29 is 22.4 Å². The van der Waals surface area contributed by atoms with Crippen molar-refractivity contribution in [2.45, 2.75) is 31.9 Å². The molecule has 2 aromatic rings. The first-order chi connectivity index (χ1) is 11.8. The lowest BCUT2D eigenvalue weighted by atomic mass is 9.98. The summed E-state index contributed by atoms with van der Waals surface area (Å²) in [4.78, 5) is 14.0. The number of halogens is 3. The van der Waals surface area contributed by atoms with Crippen LogP contribution in [0, 0.1) is 6.92 Å². The number of piperidine rings is 1. The molecule has 25 heavy (non-hydrogen) atoms. The van der Waals surface area contributed by atoms with Crippen molar-refractivity contribution in [3.8, 4) is 0 Å². The largest absolute Gasteiger partial charge is 0.470 e. The van der Waals surface area contributed by atoms with E-state index in [2.05, 4.69) is 15.5 Å². The second kappa shape index (κ2) is 6.73. The van der Waals surface area contributed by atoms with Crippen molar-refractivity contribution >= 4 is 11.7 Å². The molecular weight excluding hydrogens is 337 g/mol. The Balaban J connectivity index is 1.67. The van der Waals surface area contributed by atoms with Crippen molar-refractivity contribution in [2.75, 3.05) is 18.4 Å². The number of carbonyl (C=O) groups is 1. The van der Waals surface area contributed by atoms with Crippen LogP contribution in [0.3, 0.4) is 0 Å². The minimum atomic E-state index is -4.66.